The Balaban J connectivity index is 2.05. The van der Waals surface area contributed by atoms with Gasteiger partial charge >= 0.3 is 0 Å². The van der Waals surface area contributed by atoms with Gasteiger partial charge in [0.25, 0.3) is 0 Å². The maximum atomic E-state index is 5.92. The number of ether oxygens (including phenoxy) is 2. The minimum Gasteiger partial charge on any atom is -0.497 e. The van der Waals surface area contributed by atoms with E-state index in [2.05, 4.69) is 17.2 Å². The van der Waals surface area contributed by atoms with Gasteiger partial charge in [0.1, 0.15) is 18.1 Å². The van der Waals surface area contributed by atoms with Crippen LogP contribution in [0.25, 0.3) is 0 Å². The number of nitrogens with one attached hydrogen (secondary N) is 1. The molecule has 21 heavy (non-hydrogen) atoms. The van der Waals surface area contributed by atoms with E-state index in [0.29, 0.717) is 6.61 Å². The summed E-state index contributed by atoms with van der Waals surface area (Å²) in [5, 5.41) is 3.39. The predicted molar refractivity (Wildman–Crippen MR) is 83.6 cm³/mol. The molecule has 0 saturated carbocycles. The third-order valence-corrected chi connectivity index (χ3v) is 3.13. The quantitative estimate of drug-likeness (QED) is 0.757. The van der Waals surface area contributed by atoms with Gasteiger partial charge < -0.3 is 14.8 Å². The summed E-state index contributed by atoms with van der Waals surface area (Å²) in [4.78, 5) is 4.10. The Hall–Kier alpha value is -2.07. The first-order valence-electron chi connectivity index (χ1n) is 7.22. The minimum atomic E-state index is 0.515. The second-order valence-electron chi connectivity index (χ2n) is 4.80. The first-order valence-corrected chi connectivity index (χ1v) is 7.22. The van der Waals surface area contributed by atoms with E-state index >= 15 is 0 Å². The highest BCUT2D eigenvalue weighted by atomic mass is 16.5. The summed E-state index contributed by atoms with van der Waals surface area (Å²) in [6.07, 6.45) is 4.69. The number of aromatic nitrogens is 1. The van der Waals surface area contributed by atoms with Crippen molar-refractivity contribution in [3.8, 4) is 11.5 Å². The zero-order chi connectivity index (χ0) is 14.9. The molecule has 0 aliphatic carbocycles. The van der Waals surface area contributed by atoms with E-state index in [0.717, 1.165) is 42.1 Å². The third kappa shape index (κ3) is 4.76. The monoisotopic (exact) mass is 286 g/mol. The molecule has 0 amide bonds. The van der Waals surface area contributed by atoms with Crippen molar-refractivity contribution in [3.05, 3.63) is 53.9 Å². The number of nitrogens with zero attached hydrogens (tertiary/aromatic N) is 1. The smallest absolute Gasteiger partial charge is 0.124 e. The van der Waals surface area contributed by atoms with Gasteiger partial charge in [0, 0.05) is 30.1 Å². The maximum absolute atomic E-state index is 5.92. The van der Waals surface area contributed by atoms with Crippen molar-refractivity contribution in [1.29, 1.82) is 0 Å². The van der Waals surface area contributed by atoms with E-state index in [1.807, 2.05) is 36.5 Å². The molecule has 2 rings (SSSR count). The molecule has 0 bridgehead atoms. The van der Waals surface area contributed by atoms with Gasteiger partial charge in [0.2, 0.25) is 0 Å². The molecule has 1 aromatic carbocycles. The highest BCUT2D eigenvalue weighted by Gasteiger charge is 2.06. The summed E-state index contributed by atoms with van der Waals surface area (Å²) in [7, 11) is 1.68. The lowest BCUT2D eigenvalue weighted by Crippen LogP contribution is -2.14. The van der Waals surface area contributed by atoms with Crippen LogP contribution < -0.4 is 14.8 Å². The van der Waals surface area contributed by atoms with Crippen LogP contribution >= 0.6 is 0 Å². The molecule has 0 fully saturated rings. The molecule has 1 N–H and O–H groups in total. The fourth-order valence-corrected chi connectivity index (χ4v) is 2.01. The molecule has 1 aromatic heterocycles. The lowest BCUT2D eigenvalue weighted by Gasteiger charge is -2.13. The molecule has 0 unspecified atom stereocenters. The molecule has 1 heterocycles. The molecule has 4 nitrogen and oxygen atoms in total. The van der Waals surface area contributed by atoms with E-state index in [1.165, 1.54) is 0 Å². The van der Waals surface area contributed by atoms with Crippen LogP contribution in [0, 0.1) is 0 Å². The predicted octanol–water partition coefficient (Wildman–Crippen LogP) is 3.17. The Morgan fingerprint density at radius 2 is 2.14 bits per heavy atom. The molecule has 0 radical (unpaired) electrons. The van der Waals surface area contributed by atoms with Crippen LogP contribution in [0.3, 0.4) is 0 Å². The molecule has 0 spiro atoms. The van der Waals surface area contributed by atoms with Crippen molar-refractivity contribution < 1.29 is 9.47 Å². The number of methoxy groups -OCH3 is 1. The van der Waals surface area contributed by atoms with Crippen molar-refractivity contribution >= 4 is 0 Å². The second-order valence-corrected chi connectivity index (χ2v) is 4.80. The maximum Gasteiger partial charge on any atom is 0.124 e. The van der Waals surface area contributed by atoms with Gasteiger partial charge in [-0.3, -0.25) is 4.98 Å². The zero-order valence-corrected chi connectivity index (χ0v) is 12.6. The largest absolute Gasteiger partial charge is 0.497 e. The van der Waals surface area contributed by atoms with Crippen LogP contribution in [0.15, 0.2) is 42.7 Å². The normalized spacial score (nSPS) is 10.4. The van der Waals surface area contributed by atoms with Crippen molar-refractivity contribution in [2.75, 3.05) is 13.7 Å². The van der Waals surface area contributed by atoms with Crippen LogP contribution in [0.1, 0.15) is 24.5 Å². The van der Waals surface area contributed by atoms with Crippen LogP contribution in [0.2, 0.25) is 0 Å². The Labute approximate surface area is 126 Å². The summed E-state index contributed by atoms with van der Waals surface area (Å²) in [5.41, 5.74) is 2.16. The SMILES string of the molecule is CCCNCc1cc(OC)ccc1OCc1cccnc1. The number of hydrogen-bond donors (Lipinski definition) is 1. The van der Waals surface area contributed by atoms with Gasteiger partial charge in [-0.1, -0.05) is 13.0 Å². The van der Waals surface area contributed by atoms with Crippen LogP contribution in [-0.2, 0) is 13.2 Å². The molecule has 4 heteroatoms. The Morgan fingerprint density at radius 1 is 1.24 bits per heavy atom. The topological polar surface area (TPSA) is 43.4 Å². The van der Waals surface area contributed by atoms with E-state index in [1.54, 1.807) is 13.3 Å². The van der Waals surface area contributed by atoms with E-state index < -0.39 is 0 Å². The molecule has 0 aliphatic heterocycles. The van der Waals surface area contributed by atoms with Gasteiger partial charge in [-0.15, -0.1) is 0 Å². The average Bonchev–Trinajstić information content (AvgIpc) is 2.54. The van der Waals surface area contributed by atoms with Gasteiger partial charge in [0.05, 0.1) is 7.11 Å². The van der Waals surface area contributed by atoms with Crippen molar-refractivity contribution in [3.63, 3.8) is 0 Å². The van der Waals surface area contributed by atoms with Gasteiger partial charge in [-0.05, 0) is 37.2 Å². The number of rotatable bonds is 8. The van der Waals surface area contributed by atoms with Crippen LogP contribution in [0.5, 0.6) is 11.5 Å². The van der Waals surface area contributed by atoms with Crippen molar-refractivity contribution in [2.24, 2.45) is 0 Å². The summed E-state index contributed by atoms with van der Waals surface area (Å²) >= 11 is 0. The van der Waals surface area contributed by atoms with E-state index in [9.17, 15) is 0 Å². The van der Waals surface area contributed by atoms with E-state index in [4.69, 9.17) is 9.47 Å². The van der Waals surface area contributed by atoms with Crippen LogP contribution in [0.4, 0.5) is 0 Å². The van der Waals surface area contributed by atoms with Gasteiger partial charge in [0.15, 0.2) is 0 Å². The first-order chi connectivity index (χ1) is 10.3. The molecule has 0 atom stereocenters. The molecule has 112 valence electrons. The standard InChI is InChI=1S/C17H22N2O2/c1-3-8-18-12-15-10-16(20-2)6-7-17(15)21-13-14-5-4-9-19-11-14/h4-7,9-11,18H,3,8,12-13H2,1-2H3. The van der Waals surface area contributed by atoms with Crippen molar-refractivity contribution in [1.82, 2.24) is 10.3 Å². The summed E-state index contributed by atoms with van der Waals surface area (Å²) in [5.74, 6) is 1.72. The fourth-order valence-electron chi connectivity index (χ4n) is 2.01. The van der Waals surface area contributed by atoms with Gasteiger partial charge in [-0.2, -0.15) is 0 Å². The Morgan fingerprint density at radius 3 is 2.86 bits per heavy atom. The fraction of sp³-hybridized carbons (Fsp3) is 0.353. The Bertz CT molecular complexity index is 544. The molecule has 2 aromatic rings. The second kappa shape index (κ2) is 8.27. The molecule has 0 aliphatic rings. The number of benzene rings is 1. The highest BCUT2D eigenvalue weighted by Crippen LogP contribution is 2.25. The highest BCUT2D eigenvalue weighted by molar-refractivity contribution is 5.40. The lowest BCUT2D eigenvalue weighted by molar-refractivity contribution is 0.300. The zero-order valence-electron chi connectivity index (χ0n) is 12.6. The number of hydrogen-bond acceptors (Lipinski definition) is 4. The third-order valence-electron chi connectivity index (χ3n) is 3.13. The summed E-state index contributed by atoms with van der Waals surface area (Å²) in [6.45, 7) is 4.42. The van der Waals surface area contributed by atoms with Crippen molar-refractivity contribution in [2.45, 2.75) is 26.5 Å². The summed E-state index contributed by atoms with van der Waals surface area (Å²) < 4.78 is 11.2. The van der Waals surface area contributed by atoms with Gasteiger partial charge in [-0.25, -0.2) is 0 Å². The van der Waals surface area contributed by atoms with E-state index in [-0.39, 0.29) is 0 Å². The first kappa shape index (κ1) is 15.3. The number of pyridine rings is 1. The molecular formula is C17H22N2O2. The average molecular weight is 286 g/mol. The minimum absolute atomic E-state index is 0.515. The lowest BCUT2D eigenvalue weighted by atomic mass is 10.2. The van der Waals surface area contributed by atoms with Crippen LogP contribution in [-0.4, -0.2) is 18.6 Å². The molecular weight excluding hydrogens is 264 g/mol. The Kier molecular flexibility index (Phi) is 6.03. The molecule has 0 saturated heterocycles. The summed E-state index contributed by atoms with van der Waals surface area (Å²) in [6, 6.07) is 9.81.